The van der Waals surface area contributed by atoms with Crippen LogP contribution in [0, 0.1) is 23.7 Å². The molecule has 1 aromatic rings. The molecule has 1 amide bonds. The Morgan fingerprint density at radius 3 is 2.80 bits per heavy atom. The van der Waals surface area contributed by atoms with Crippen LogP contribution in [0.5, 0.6) is 0 Å². The molecule has 78 valence electrons. The van der Waals surface area contributed by atoms with Gasteiger partial charge < -0.3 is 0 Å². The Bertz CT molecular complexity index is 430. The molecule has 1 aliphatic carbocycles. The van der Waals surface area contributed by atoms with Crippen LogP contribution < -0.4 is 5.32 Å². The second-order valence-corrected chi connectivity index (χ2v) is 4.40. The van der Waals surface area contributed by atoms with Crippen LogP contribution >= 0.6 is 11.5 Å². The molecule has 0 saturated heterocycles. The lowest BCUT2D eigenvalue weighted by Crippen LogP contribution is -2.40. The maximum absolute atomic E-state index is 11.8. The van der Waals surface area contributed by atoms with Gasteiger partial charge in [-0.2, -0.15) is 9.64 Å². The van der Waals surface area contributed by atoms with E-state index < -0.39 is 5.41 Å². The normalized spacial score (nSPS) is 17.6. The van der Waals surface area contributed by atoms with Crippen molar-refractivity contribution < 1.29 is 4.79 Å². The van der Waals surface area contributed by atoms with Gasteiger partial charge in [-0.05, 0) is 26.2 Å². The van der Waals surface area contributed by atoms with Crippen LogP contribution in [-0.2, 0) is 4.79 Å². The molecule has 0 aromatic carbocycles. The zero-order valence-electron chi connectivity index (χ0n) is 8.28. The van der Waals surface area contributed by atoms with Gasteiger partial charge in [-0.15, -0.1) is 0 Å². The molecule has 1 saturated carbocycles. The predicted octanol–water partition coefficient (Wildman–Crippen LogP) is 1.48. The average Bonchev–Trinajstić information content (AvgIpc) is 2.50. The number of nitrogens with one attached hydrogen (secondary N) is 1. The summed E-state index contributed by atoms with van der Waals surface area (Å²) in [6, 6.07) is 2.09. The van der Waals surface area contributed by atoms with Gasteiger partial charge >= 0.3 is 0 Å². The van der Waals surface area contributed by atoms with E-state index in [1.54, 1.807) is 6.92 Å². The number of carbonyl (C=O) groups excluding carboxylic acids is 1. The first-order valence-electron chi connectivity index (χ1n) is 4.69. The molecule has 1 aliphatic rings. The smallest absolute Gasteiger partial charge is 0.246 e. The SMILES string of the molecule is Cc1nsc(NC(=O)C2(C#N)CCC2)n1. The molecular formula is C9H10N4OS. The van der Waals surface area contributed by atoms with Crippen LogP contribution in [-0.4, -0.2) is 15.3 Å². The highest BCUT2D eigenvalue weighted by Gasteiger charge is 2.44. The fraction of sp³-hybridized carbons (Fsp3) is 0.556. The minimum Gasteiger partial charge on any atom is -0.299 e. The third-order valence-electron chi connectivity index (χ3n) is 2.60. The van der Waals surface area contributed by atoms with E-state index in [-0.39, 0.29) is 5.91 Å². The molecule has 2 rings (SSSR count). The van der Waals surface area contributed by atoms with E-state index in [0.29, 0.717) is 23.8 Å². The lowest BCUT2D eigenvalue weighted by Gasteiger charge is -2.32. The molecule has 0 spiro atoms. The van der Waals surface area contributed by atoms with Crippen molar-refractivity contribution in [3.05, 3.63) is 5.82 Å². The first kappa shape index (κ1) is 10.1. The highest BCUT2D eigenvalue weighted by molar-refractivity contribution is 7.09. The Balaban J connectivity index is 2.07. The van der Waals surface area contributed by atoms with Crippen LogP contribution in [0.15, 0.2) is 0 Å². The van der Waals surface area contributed by atoms with E-state index in [2.05, 4.69) is 20.7 Å². The molecule has 0 radical (unpaired) electrons. The molecule has 1 fully saturated rings. The molecular weight excluding hydrogens is 212 g/mol. The van der Waals surface area contributed by atoms with Crippen molar-refractivity contribution in [2.45, 2.75) is 26.2 Å². The monoisotopic (exact) mass is 222 g/mol. The molecule has 0 unspecified atom stereocenters. The van der Waals surface area contributed by atoms with Gasteiger partial charge in [0.2, 0.25) is 11.0 Å². The molecule has 5 nitrogen and oxygen atoms in total. The largest absolute Gasteiger partial charge is 0.299 e. The lowest BCUT2D eigenvalue weighted by atomic mass is 9.69. The zero-order chi connectivity index (χ0) is 10.9. The van der Waals surface area contributed by atoms with E-state index in [1.165, 1.54) is 0 Å². The zero-order valence-corrected chi connectivity index (χ0v) is 9.10. The summed E-state index contributed by atoms with van der Waals surface area (Å²) in [5, 5.41) is 12.1. The Morgan fingerprint density at radius 2 is 2.40 bits per heavy atom. The molecule has 6 heteroatoms. The number of carbonyl (C=O) groups is 1. The van der Waals surface area contributed by atoms with Crippen molar-refractivity contribution in [1.29, 1.82) is 5.26 Å². The topological polar surface area (TPSA) is 78.7 Å². The first-order chi connectivity index (χ1) is 7.16. The first-order valence-corrected chi connectivity index (χ1v) is 5.47. The van der Waals surface area contributed by atoms with Crippen molar-refractivity contribution in [1.82, 2.24) is 9.36 Å². The van der Waals surface area contributed by atoms with E-state index in [0.717, 1.165) is 18.0 Å². The van der Waals surface area contributed by atoms with Crippen molar-refractivity contribution in [2.75, 3.05) is 5.32 Å². The summed E-state index contributed by atoms with van der Waals surface area (Å²) in [5.74, 6) is 0.391. The number of hydrogen-bond donors (Lipinski definition) is 1. The number of amides is 1. The summed E-state index contributed by atoms with van der Waals surface area (Å²) in [5.41, 5.74) is -0.820. The number of nitriles is 1. The number of anilines is 1. The molecule has 15 heavy (non-hydrogen) atoms. The molecule has 0 atom stereocenters. The van der Waals surface area contributed by atoms with Gasteiger partial charge in [0.15, 0.2) is 0 Å². The van der Waals surface area contributed by atoms with Crippen molar-refractivity contribution >= 4 is 22.6 Å². The van der Waals surface area contributed by atoms with Crippen LogP contribution in [0.4, 0.5) is 5.13 Å². The summed E-state index contributed by atoms with van der Waals surface area (Å²) in [6.07, 6.45) is 2.23. The van der Waals surface area contributed by atoms with E-state index >= 15 is 0 Å². The van der Waals surface area contributed by atoms with Gasteiger partial charge in [0.05, 0.1) is 6.07 Å². The summed E-state index contributed by atoms with van der Waals surface area (Å²) >= 11 is 1.14. The lowest BCUT2D eigenvalue weighted by molar-refractivity contribution is -0.126. The average molecular weight is 222 g/mol. The van der Waals surface area contributed by atoms with Crippen LogP contribution in [0.2, 0.25) is 0 Å². The standard InChI is InChI=1S/C9H10N4OS/c1-6-11-8(15-13-6)12-7(14)9(5-10)3-2-4-9/h2-4H2,1H3,(H,11,12,13,14). The van der Waals surface area contributed by atoms with Gasteiger partial charge in [0, 0.05) is 11.5 Å². The minimum absolute atomic E-state index is 0.243. The van der Waals surface area contributed by atoms with Crippen LogP contribution in [0.25, 0.3) is 0 Å². The van der Waals surface area contributed by atoms with Crippen LogP contribution in [0.1, 0.15) is 25.1 Å². The maximum atomic E-state index is 11.8. The number of aryl methyl sites for hydroxylation is 1. The quantitative estimate of drug-likeness (QED) is 0.822. The van der Waals surface area contributed by atoms with E-state index in [1.807, 2.05) is 0 Å². The Hall–Kier alpha value is -1.48. The Labute approximate surface area is 91.3 Å². The second-order valence-electron chi connectivity index (χ2n) is 3.65. The fourth-order valence-electron chi connectivity index (χ4n) is 1.48. The van der Waals surface area contributed by atoms with Gasteiger partial charge in [-0.25, -0.2) is 4.98 Å². The molecule has 1 aromatic heterocycles. The summed E-state index contributed by atoms with van der Waals surface area (Å²) in [6.45, 7) is 1.76. The van der Waals surface area contributed by atoms with Crippen molar-refractivity contribution in [3.63, 3.8) is 0 Å². The highest BCUT2D eigenvalue weighted by Crippen LogP contribution is 2.41. The van der Waals surface area contributed by atoms with Gasteiger partial charge in [-0.1, -0.05) is 0 Å². The van der Waals surface area contributed by atoms with Crippen molar-refractivity contribution in [2.24, 2.45) is 5.41 Å². The Kier molecular flexibility index (Phi) is 2.40. The molecule has 1 N–H and O–H groups in total. The number of rotatable bonds is 2. The molecule has 0 aliphatic heterocycles. The minimum atomic E-state index is -0.820. The number of nitrogens with zero attached hydrogens (tertiary/aromatic N) is 3. The van der Waals surface area contributed by atoms with Gasteiger partial charge in [-0.3, -0.25) is 10.1 Å². The number of hydrogen-bond acceptors (Lipinski definition) is 5. The second kappa shape index (κ2) is 3.59. The molecule has 0 bridgehead atoms. The summed E-state index contributed by atoms with van der Waals surface area (Å²) in [7, 11) is 0. The van der Waals surface area contributed by atoms with Crippen molar-refractivity contribution in [3.8, 4) is 6.07 Å². The maximum Gasteiger partial charge on any atom is 0.246 e. The third kappa shape index (κ3) is 1.70. The highest BCUT2D eigenvalue weighted by atomic mass is 32.1. The predicted molar refractivity (Wildman–Crippen MR) is 55.2 cm³/mol. The fourth-order valence-corrected chi connectivity index (χ4v) is 2.06. The van der Waals surface area contributed by atoms with E-state index in [9.17, 15) is 4.79 Å². The van der Waals surface area contributed by atoms with Gasteiger partial charge in [0.1, 0.15) is 11.2 Å². The van der Waals surface area contributed by atoms with E-state index in [4.69, 9.17) is 5.26 Å². The molecule has 1 heterocycles. The number of aromatic nitrogens is 2. The van der Waals surface area contributed by atoms with Crippen LogP contribution in [0.3, 0.4) is 0 Å². The summed E-state index contributed by atoms with van der Waals surface area (Å²) in [4.78, 5) is 15.8. The van der Waals surface area contributed by atoms with Gasteiger partial charge in [0.25, 0.3) is 0 Å². The Morgan fingerprint density at radius 1 is 1.67 bits per heavy atom. The summed E-state index contributed by atoms with van der Waals surface area (Å²) < 4.78 is 3.95. The third-order valence-corrected chi connectivity index (χ3v) is 3.33.